The minimum atomic E-state index is 0.0319. The van der Waals surface area contributed by atoms with Crippen molar-refractivity contribution in [2.24, 2.45) is 11.8 Å². The van der Waals surface area contributed by atoms with Crippen molar-refractivity contribution in [3.8, 4) is 0 Å². The number of hydrogen-bond donors (Lipinski definition) is 2. The van der Waals surface area contributed by atoms with E-state index in [1.54, 1.807) is 0 Å². The van der Waals surface area contributed by atoms with Crippen LogP contribution in [0, 0.1) is 11.8 Å². The van der Waals surface area contributed by atoms with Gasteiger partial charge in [-0.05, 0) is 37.5 Å². The molecule has 2 bridgehead atoms. The van der Waals surface area contributed by atoms with Crippen LogP contribution in [0.15, 0.2) is 0 Å². The molecule has 2 amide bonds. The number of urea groups is 1. The van der Waals surface area contributed by atoms with E-state index in [-0.39, 0.29) is 6.03 Å². The van der Waals surface area contributed by atoms with Gasteiger partial charge in [0.05, 0.1) is 0 Å². The van der Waals surface area contributed by atoms with Crippen LogP contribution in [0.4, 0.5) is 4.79 Å². The van der Waals surface area contributed by atoms with Crippen molar-refractivity contribution in [1.29, 1.82) is 0 Å². The Morgan fingerprint density at radius 3 is 2.79 bits per heavy atom. The third-order valence-corrected chi connectivity index (χ3v) is 3.59. The standard InChI is InChI=1S/C11H20N2O/c1-2-5-12-11(14)13-10-7-8-3-4-9(10)6-8/h8-10H,2-7H2,1H3,(H2,12,13,14)/t8-,9-,10+/m0/s1. The van der Waals surface area contributed by atoms with Gasteiger partial charge in [-0.2, -0.15) is 0 Å². The predicted octanol–water partition coefficient (Wildman–Crippen LogP) is 1.88. The lowest BCUT2D eigenvalue weighted by atomic mass is 9.95. The molecule has 3 atom stereocenters. The van der Waals surface area contributed by atoms with E-state index in [1.807, 2.05) is 0 Å². The van der Waals surface area contributed by atoms with E-state index in [0.717, 1.165) is 24.8 Å². The minimum Gasteiger partial charge on any atom is -0.338 e. The van der Waals surface area contributed by atoms with Crippen molar-refractivity contribution in [3.63, 3.8) is 0 Å². The van der Waals surface area contributed by atoms with Gasteiger partial charge in [-0.3, -0.25) is 0 Å². The molecular weight excluding hydrogens is 176 g/mol. The van der Waals surface area contributed by atoms with Crippen molar-refractivity contribution in [1.82, 2.24) is 10.6 Å². The second kappa shape index (κ2) is 4.20. The molecule has 0 heterocycles. The first kappa shape index (κ1) is 9.81. The van der Waals surface area contributed by atoms with Crippen molar-refractivity contribution in [2.45, 2.75) is 45.1 Å². The first-order valence-corrected chi connectivity index (χ1v) is 5.84. The maximum atomic E-state index is 11.4. The SMILES string of the molecule is CCCNC(=O)N[C@@H]1C[C@H]2CC[C@H]1C2. The summed E-state index contributed by atoms with van der Waals surface area (Å²) in [7, 11) is 0. The zero-order valence-electron chi connectivity index (χ0n) is 8.88. The van der Waals surface area contributed by atoms with Gasteiger partial charge in [0, 0.05) is 12.6 Å². The second-order valence-electron chi connectivity index (χ2n) is 4.68. The first-order valence-electron chi connectivity index (χ1n) is 5.84. The second-order valence-corrected chi connectivity index (χ2v) is 4.68. The Morgan fingerprint density at radius 2 is 2.21 bits per heavy atom. The van der Waals surface area contributed by atoms with Crippen molar-refractivity contribution >= 4 is 6.03 Å². The largest absolute Gasteiger partial charge is 0.338 e. The molecule has 2 saturated carbocycles. The zero-order chi connectivity index (χ0) is 9.97. The summed E-state index contributed by atoms with van der Waals surface area (Å²) in [6.07, 6.45) is 6.27. The van der Waals surface area contributed by atoms with Gasteiger partial charge in [0.1, 0.15) is 0 Å². The Labute approximate surface area is 85.6 Å². The summed E-state index contributed by atoms with van der Waals surface area (Å²) in [5.74, 6) is 1.67. The third kappa shape index (κ3) is 2.02. The van der Waals surface area contributed by atoms with E-state index in [2.05, 4.69) is 17.6 Å². The van der Waals surface area contributed by atoms with E-state index in [1.165, 1.54) is 25.7 Å². The molecular formula is C11H20N2O. The summed E-state index contributed by atoms with van der Waals surface area (Å²) in [5, 5.41) is 5.96. The number of rotatable bonds is 3. The molecule has 0 aliphatic heterocycles. The minimum absolute atomic E-state index is 0.0319. The van der Waals surface area contributed by atoms with Crippen molar-refractivity contribution in [3.05, 3.63) is 0 Å². The highest BCUT2D eigenvalue weighted by molar-refractivity contribution is 5.74. The fourth-order valence-corrected chi connectivity index (χ4v) is 2.88. The van der Waals surface area contributed by atoms with Gasteiger partial charge in [-0.15, -0.1) is 0 Å². The molecule has 0 aromatic carbocycles. The molecule has 2 N–H and O–H groups in total. The van der Waals surface area contributed by atoms with Crippen LogP contribution in [0.1, 0.15) is 39.0 Å². The molecule has 2 rings (SSSR count). The molecule has 2 aliphatic rings. The summed E-state index contributed by atoms with van der Waals surface area (Å²) in [5.41, 5.74) is 0. The highest BCUT2D eigenvalue weighted by Gasteiger charge is 2.39. The molecule has 0 aromatic heterocycles. The van der Waals surface area contributed by atoms with Crippen LogP contribution < -0.4 is 10.6 Å². The van der Waals surface area contributed by atoms with Gasteiger partial charge in [0.25, 0.3) is 0 Å². The summed E-state index contributed by atoms with van der Waals surface area (Å²) in [4.78, 5) is 11.4. The van der Waals surface area contributed by atoms with Crippen LogP contribution in [0.5, 0.6) is 0 Å². The highest BCUT2D eigenvalue weighted by atomic mass is 16.2. The van der Waals surface area contributed by atoms with Crippen LogP contribution in [0.25, 0.3) is 0 Å². The predicted molar refractivity (Wildman–Crippen MR) is 56.1 cm³/mol. The summed E-state index contributed by atoms with van der Waals surface area (Å²) in [6.45, 7) is 2.85. The average molecular weight is 196 g/mol. The summed E-state index contributed by atoms with van der Waals surface area (Å²) < 4.78 is 0. The Hall–Kier alpha value is -0.730. The average Bonchev–Trinajstić information content (AvgIpc) is 2.76. The van der Waals surface area contributed by atoms with Gasteiger partial charge >= 0.3 is 6.03 Å². The van der Waals surface area contributed by atoms with Crippen LogP contribution >= 0.6 is 0 Å². The number of amides is 2. The topological polar surface area (TPSA) is 41.1 Å². The lowest BCUT2D eigenvalue weighted by Crippen LogP contribution is -2.44. The lowest BCUT2D eigenvalue weighted by Gasteiger charge is -2.22. The van der Waals surface area contributed by atoms with Gasteiger partial charge in [0.2, 0.25) is 0 Å². The molecule has 0 aromatic rings. The number of fused-ring (bicyclic) bond motifs is 2. The Kier molecular flexibility index (Phi) is 2.94. The quantitative estimate of drug-likeness (QED) is 0.711. The maximum Gasteiger partial charge on any atom is 0.315 e. The molecule has 14 heavy (non-hydrogen) atoms. The van der Waals surface area contributed by atoms with Crippen LogP contribution in [0.3, 0.4) is 0 Å². The Balaban J connectivity index is 1.73. The molecule has 2 aliphatic carbocycles. The molecule has 0 saturated heterocycles. The van der Waals surface area contributed by atoms with E-state index in [9.17, 15) is 4.79 Å². The van der Waals surface area contributed by atoms with Crippen molar-refractivity contribution < 1.29 is 4.79 Å². The van der Waals surface area contributed by atoms with E-state index >= 15 is 0 Å². The number of hydrogen-bond acceptors (Lipinski definition) is 1. The third-order valence-electron chi connectivity index (χ3n) is 3.59. The number of nitrogens with one attached hydrogen (secondary N) is 2. The Morgan fingerprint density at radius 1 is 1.36 bits per heavy atom. The van der Waals surface area contributed by atoms with Gasteiger partial charge in [0.15, 0.2) is 0 Å². The maximum absolute atomic E-state index is 11.4. The summed E-state index contributed by atoms with van der Waals surface area (Å²) >= 11 is 0. The summed E-state index contributed by atoms with van der Waals surface area (Å²) in [6, 6.07) is 0.495. The highest BCUT2D eigenvalue weighted by Crippen LogP contribution is 2.44. The Bertz CT molecular complexity index is 217. The van der Waals surface area contributed by atoms with Gasteiger partial charge in [-0.25, -0.2) is 4.79 Å². The number of carbonyl (C=O) groups excluding carboxylic acids is 1. The van der Waals surface area contributed by atoms with Crippen LogP contribution in [0.2, 0.25) is 0 Å². The normalized spacial score (nSPS) is 34.5. The monoisotopic (exact) mass is 196 g/mol. The van der Waals surface area contributed by atoms with Gasteiger partial charge in [-0.1, -0.05) is 13.3 Å². The van der Waals surface area contributed by atoms with E-state index in [4.69, 9.17) is 0 Å². The molecule has 3 heteroatoms. The van der Waals surface area contributed by atoms with Crippen LogP contribution in [-0.2, 0) is 0 Å². The molecule has 3 nitrogen and oxygen atoms in total. The molecule has 0 radical (unpaired) electrons. The molecule has 0 spiro atoms. The fraction of sp³-hybridized carbons (Fsp3) is 0.909. The van der Waals surface area contributed by atoms with Crippen molar-refractivity contribution in [2.75, 3.05) is 6.54 Å². The zero-order valence-corrected chi connectivity index (χ0v) is 8.88. The van der Waals surface area contributed by atoms with E-state index in [0.29, 0.717) is 6.04 Å². The van der Waals surface area contributed by atoms with E-state index < -0.39 is 0 Å². The fourth-order valence-electron chi connectivity index (χ4n) is 2.88. The molecule has 0 unspecified atom stereocenters. The molecule has 80 valence electrons. The lowest BCUT2D eigenvalue weighted by molar-refractivity contribution is 0.230. The first-order chi connectivity index (χ1) is 6.79. The smallest absolute Gasteiger partial charge is 0.315 e. The van der Waals surface area contributed by atoms with Crippen LogP contribution in [-0.4, -0.2) is 18.6 Å². The number of carbonyl (C=O) groups is 1. The van der Waals surface area contributed by atoms with Gasteiger partial charge < -0.3 is 10.6 Å². The molecule has 2 fully saturated rings.